The van der Waals surface area contributed by atoms with E-state index in [2.05, 4.69) is 5.32 Å². The molecule has 0 spiro atoms. The molecule has 2 heterocycles. The predicted octanol–water partition coefficient (Wildman–Crippen LogP) is 3.88. The third-order valence-corrected chi connectivity index (χ3v) is 4.86. The fraction of sp³-hybridized carbons (Fsp3) is 0.300. The Morgan fingerprint density at radius 3 is 2.74 bits per heavy atom. The second kappa shape index (κ2) is 7.48. The zero-order valence-corrected chi connectivity index (χ0v) is 15.4. The van der Waals surface area contributed by atoms with Crippen molar-refractivity contribution in [3.05, 3.63) is 47.0 Å². The van der Waals surface area contributed by atoms with Crippen LogP contribution in [0.1, 0.15) is 29.6 Å². The molecule has 27 heavy (non-hydrogen) atoms. The molecule has 1 N–H and O–H groups in total. The number of carbonyl (C=O) groups is 2. The largest absolute Gasteiger partial charge is 0.489 e. The van der Waals surface area contributed by atoms with E-state index in [4.69, 9.17) is 21.1 Å². The van der Waals surface area contributed by atoms with E-state index < -0.39 is 0 Å². The van der Waals surface area contributed by atoms with E-state index in [-0.39, 0.29) is 11.8 Å². The Kier molecular flexibility index (Phi) is 4.90. The second-order valence-corrected chi connectivity index (χ2v) is 6.86. The first-order valence-electron chi connectivity index (χ1n) is 8.93. The molecule has 0 unspecified atom stereocenters. The summed E-state index contributed by atoms with van der Waals surface area (Å²) in [5.74, 6) is 0.670. The minimum Gasteiger partial charge on any atom is -0.489 e. The molecule has 0 saturated carbocycles. The minimum atomic E-state index is -0.327. The summed E-state index contributed by atoms with van der Waals surface area (Å²) in [6.45, 7) is 1.69. The van der Waals surface area contributed by atoms with E-state index >= 15 is 0 Å². The highest BCUT2D eigenvalue weighted by atomic mass is 35.5. The van der Waals surface area contributed by atoms with Crippen molar-refractivity contribution in [3.8, 4) is 11.5 Å². The number of fused-ring (bicyclic) bond motifs is 1. The average Bonchev–Trinajstić information content (AvgIpc) is 2.94. The molecule has 2 aliphatic heterocycles. The van der Waals surface area contributed by atoms with Gasteiger partial charge in [0.1, 0.15) is 0 Å². The van der Waals surface area contributed by atoms with Crippen molar-refractivity contribution < 1.29 is 19.1 Å². The molecule has 0 bridgehead atoms. The lowest BCUT2D eigenvalue weighted by atomic mass is 10.1. The van der Waals surface area contributed by atoms with Crippen molar-refractivity contribution in [1.29, 1.82) is 0 Å². The number of benzene rings is 2. The third-order valence-electron chi connectivity index (χ3n) is 4.58. The number of hydrogen-bond donors (Lipinski definition) is 1. The highest BCUT2D eigenvalue weighted by Crippen LogP contribution is 2.38. The smallest absolute Gasteiger partial charge is 0.255 e. The summed E-state index contributed by atoms with van der Waals surface area (Å²) in [5, 5.41) is 3.22. The van der Waals surface area contributed by atoms with Crippen molar-refractivity contribution in [2.24, 2.45) is 0 Å². The minimum absolute atomic E-state index is 0.0651. The summed E-state index contributed by atoms with van der Waals surface area (Å²) in [6.07, 6.45) is 2.10. The van der Waals surface area contributed by atoms with E-state index in [9.17, 15) is 9.59 Å². The summed E-state index contributed by atoms with van der Waals surface area (Å²) < 4.78 is 11.2. The maximum atomic E-state index is 12.8. The summed E-state index contributed by atoms with van der Waals surface area (Å²) in [4.78, 5) is 26.6. The van der Waals surface area contributed by atoms with Crippen molar-refractivity contribution in [2.45, 2.75) is 19.3 Å². The standard InChI is InChI=1S/C20H19ClN2O4/c21-14-11-13(12-17-19(14)27-10-4-9-26-17)20(25)22-15-5-1-2-6-16(15)23-8-3-7-18(23)24/h1-2,5-6,11-12H,3-4,7-10H2,(H,22,25). The van der Waals surface area contributed by atoms with Crippen LogP contribution in [0.3, 0.4) is 0 Å². The Labute approximate surface area is 162 Å². The van der Waals surface area contributed by atoms with Crippen LogP contribution in [0.15, 0.2) is 36.4 Å². The van der Waals surface area contributed by atoms with E-state index in [1.54, 1.807) is 23.1 Å². The zero-order chi connectivity index (χ0) is 18.8. The first-order valence-corrected chi connectivity index (χ1v) is 9.31. The van der Waals surface area contributed by atoms with Crippen LogP contribution in [0.2, 0.25) is 5.02 Å². The van der Waals surface area contributed by atoms with Gasteiger partial charge in [-0.25, -0.2) is 0 Å². The maximum Gasteiger partial charge on any atom is 0.255 e. The van der Waals surface area contributed by atoms with E-state index in [1.807, 2.05) is 18.2 Å². The summed E-state index contributed by atoms with van der Waals surface area (Å²) in [7, 11) is 0. The van der Waals surface area contributed by atoms with Gasteiger partial charge in [0.25, 0.3) is 5.91 Å². The first-order chi connectivity index (χ1) is 13.1. The molecule has 1 fully saturated rings. The molecule has 2 aromatic rings. The van der Waals surface area contributed by atoms with Gasteiger partial charge in [0.05, 0.1) is 29.6 Å². The van der Waals surface area contributed by atoms with Gasteiger partial charge in [0, 0.05) is 24.9 Å². The molecular formula is C20H19ClN2O4. The van der Waals surface area contributed by atoms with Gasteiger partial charge in [-0.05, 0) is 30.7 Å². The topological polar surface area (TPSA) is 67.9 Å². The quantitative estimate of drug-likeness (QED) is 0.869. The van der Waals surface area contributed by atoms with Gasteiger partial charge in [-0.1, -0.05) is 23.7 Å². The number of para-hydroxylation sites is 2. The van der Waals surface area contributed by atoms with E-state index in [0.717, 1.165) is 12.8 Å². The summed E-state index contributed by atoms with van der Waals surface area (Å²) in [6, 6.07) is 10.5. The number of rotatable bonds is 3. The predicted molar refractivity (Wildman–Crippen MR) is 103 cm³/mol. The summed E-state index contributed by atoms with van der Waals surface area (Å²) >= 11 is 6.28. The molecule has 0 aromatic heterocycles. The normalized spacial score (nSPS) is 16.2. The van der Waals surface area contributed by atoms with Gasteiger partial charge in [-0.15, -0.1) is 0 Å². The average molecular weight is 387 g/mol. The zero-order valence-electron chi connectivity index (χ0n) is 14.7. The van der Waals surface area contributed by atoms with Crippen LogP contribution in [-0.4, -0.2) is 31.6 Å². The van der Waals surface area contributed by atoms with Crippen molar-refractivity contribution in [1.82, 2.24) is 0 Å². The Hall–Kier alpha value is -2.73. The molecule has 0 aliphatic carbocycles. The Morgan fingerprint density at radius 1 is 1.11 bits per heavy atom. The lowest BCUT2D eigenvalue weighted by molar-refractivity contribution is -0.117. The van der Waals surface area contributed by atoms with Gasteiger partial charge in [0.15, 0.2) is 11.5 Å². The van der Waals surface area contributed by atoms with E-state index in [0.29, 0.717) is 59.6 Å². The van der Waals surface area contributed by atoms with Crippen molar-refractivity contribution in [2.75, 3.05) is 30.0 Å². The number of nitrogens with zero attached hydrogens (tertiary/aromatic N) is 1. The number of halogens is 1. The molecule has 2 aromatic carbocycles. The van der Waals surface area contributed by atoms with Crippen molar-refractivity contribution >= 4 is 34.8 Å². The van der Waals surface area contributed by atoms with Crippen LogP contribution in [0, 0.1) is 0 Å². The number of carbonyl (C=O) groups excluding carboxylic acids is 2. The third kappa shape index (κ3) is 3.57. The lowest BCUT2D eigenvalue weighted by Gasteiger charge is -2.20. The van der Waals surface area contributed by atoms with Gasteiger partial charge in [0.2, 0.25) is 5.91 Å². The van der Waals surface area contributed by atoms with Crippen LogP contribution < -0.4 is 19.7 Å². The molecule has 6 nitrogen and oxygen atoms in total. The number of ether oxygens (including phenoxy) is 2. The van der Waals surface area contributed by atoms with Gasteiger partial charge in [-0.2, -0.15) is 0 Å². The highest BCUT2D eigenvalue weighted by Gasteiger charge is 2.25. The molecule has 1 saturated heterocycles. The second-order valence-electron chi connectivity index (χ2n) is 6.46. The number of anilines is 2. The first kappa shape index (κ1) is 17.7. The fourth-order valence-corrected chi connectivity index (χ4v) is 3.54. The lowest BCUT2D eigenvalue weighted by Crippen LogP contribution is -2.25. The Balaban J connectivity index is 1.61. The Morgan fingerprint density at radius 2 is 1.93 bits per heavy atom. The Bertz CT molecular complexity index is 900. The number of hydrogen-bond acceptors (Lipinski definition) is 4. The van der Waals surface area contributed by atoms with Crippen LogP contribution >= 0.6 is 11.6 Å². The molecular weight excluding hydrogens is 368 g/mol. The summed E-state index contributed by atoms with van der Waals surface area (Å²) in [5.41, 5.74) is 1.65. The molecule has 7 heteroatoms. The number of nitrogens with one attached hydrogen (secondary N) is 1. The molecule has 4 rings (SSSR count). The van der Waals surface area contributed by atoms with Crippen molar-refractivity contribution in [3.63, 3.8) is 0 Å². The molecule has 140 valence electrons. The molecule has 0 atom stereocenters. The molecule has 2 aliphatic rings. The van der Waals surface area contributed by atoms with Gasteiger partial charge in [-0.3, -0.25) is 9.59 Å². The fourth-order valence-electron chi connectivity index (χ4n) is 3.27. The van der Waals surface area contributed by atoms with Gasteiger partial charge >= 0.3 is 0 Å². The maximum absolute atomic E-state index is 12.8. The monoisotopic (exact) mass is 386 g/mol. The highest BCUT2D eigenvalue weighted by molar-refractivity contribution is 6.32. The molecule has 0 radical (unpaired) electrons. The number of amides is 2. The van der Waals surface area contributed by atoms with Gasteiger partial charge < -0.3 is 19.7 Å². The van der Waals surface area contributed by atoms with Crippen LogP contribution in [-0.2, 0) is 4.79 Å². The molecule has 2 amide bonds. The van der Waals surface area contributed by atoms with E-state index in [1.165, 1.54) is 0 Å². The SMILES string of the molecule is O=C(Nc1ccccc1N1CCCC1=O)c1cc(Cl)c2c(c1)OCCCO2. The van der Waals surface area contributed by atoms with Crippen LogP contribution in [0.25, 0.3) is 0 Å². The van der Waals surface area contributed by atoms with Crippen LogP contribution in [0.5, 0.6) is 11.5 Å². The van der Waals surface area contributed by atoms with Crippen LogP contribution in [0.4, 0.5) is 11.4 Å².